The molecule has 3 unspecified atom stereocenters. The third-order valence-corrected chi connectivity index (χ3v) is 7.07. The van der Waals surface area contributed by atoms with Gasteiger partial charge in [-0.3, -0.25) is 10.2 Å². The molecule has 0 saturated carbocycles. The molecule has 1 aromatic heterocycles. The standard InChI is InChI=1S/C25H27FN6O/c26-19-3-1-2-16(10-19)4-9-25(33)32-20-6-8-23(32)18(11-20)14-31-15-29-22-12-17(5-7-24(22)31)21(27)13-30-28/h1-3,5,7,10,12-13,15,18,20,23,27H,4,6,8-9,11,14,28H2/p+1/b27-21?,30-13-. The Morgan fingerprint density at radius 1 is 1.27 bits per heavy atom. The first-order valence-corrected chi connectivity index (χ1v) is 11.4. The summed E-state index contributed by atoms with van der Waals surface area (Å²) in [6.45, 7) is 0.828. The van der Waals surface area contributed by atoms with Crippen molar-refractivity contribution in [3.05, 3.63) is 65.7 Å². The molecule has 33 heavy (non-hydrogen) atoms. The van der Waals surface area contributed by atoms with Gasteiger partial charge in [-0.2, -0.15) is 5.10 Å². The van der Waals surface area contributed by atoms with E-state index in [1.54, 1.807) is 6.07 Å². The zero-order chi connectivity index (χ0) is 22.9. The molecule has 3 aromatic rings. The summed E-state index contributed by atoms with van der Waals surface area (Å²) < 4.78 is 15.6. The number of carbonyl (C=O) groups excluding carboxylic acids is 1. The molecular weight excluding hydrogens is 419 g/mol. The number of carbonyl (C=O) groups is 1. The van der Waals surface area contributed by atoms with E-state index in [0.29, 0.717) is 30.5 Å². The Kier molecular flexibility index (Phi) is 5.66. The van der Waals surface area contributed by atoms with Crippen LogP contribution in [0.25, 0.3) is 11.0 Å². The van der Waals surface area contributed by atoms with Gasteiger partial charge in [-0.15, -0.1) is 0 Å². The molecule has 7 nitrogen and oxygen atoms in total. The first-order valence-electron chi connectivity index (χ1n) is 11.4. The van der Waals surface area contributed by atoms with Crippen LogP contribution in [-0.2, 0) is 17.8 Å². The van der Waals surface area contributed by atoms with Crippen LogP contribution >= 0.6 is 0 Å². The quantitative estimate of drug-likeness (QED) is 0.327. The van der Waals surface area contributed by atoms with Gasteiger partial charge in [-0.25, -0.2) is 9.37 Å². The second kappa shape index (κ2) is 8.77. The number of halogens is 1. The number of rotatable bonds is 7. The van der Waals surface area contributed by atoms with Crippen molar-refractivity contribution in [2.75, 3.05) is 0 Å². The number of aryl methyl sites for hydroxylation is 1. The van der Waals surface area contributed by atoms with Crippen LogP contribution in [0.1, 0.15) is 36.8 Å². The lowest BCUT2D eigenvalue weighted by Crippen LogP contribution is -2.41. The van der Waals surface area contributed by atoms with Crippen molar-refractivity contribution < 1.29 is 14.6 Å². The van der Waals surface area contributed by atoms with E-state index in [1.165, 1.54) is 18.3 Å². The van der Waals surface area contributed by atoms with Gasteiger partial charge >= 0.3 is 0 Å². The molecule has 2 aliphatic heterocycles. The maximum absolute atomic E-state index is 13.4. The van der Waals surface area contributed by atoms with Gasteiger partial charge in [0.25, 0.3) is 0 Å². The predicted molar refractivity (Wildman–Crippen MR) is 125 cm³/mol. The molecule has 2 saturated heterocycles. The summed E-state index contributed by atoms with van der Waals surface area (Å²) in [4.78, 5) is 19.7. The smallest absolute Gasteiger partial charge is 0.224 e. The Balaban J connectivity index is 1.26. The van der Waals surface area contributed by atoms with Crippen molar-refractivity contribution >= 4 is 28.9 Å². The molecule has 170 valence electrons. The first kappa shape index (κ1) is 21.3. The van der Waals surface area contributed by atoms with Gasteiger partial charge in [0, 0.05) is 30.6 Å². The van der Waals surface area contributed by atoms with E-state index < -0.39 is 0 Å². The molecule has 2 fully saturated rings. The highest BCUT2D eigenvalue weighted by atomic mass is 19.1. The summed E-state index contributed by atoms with van der Waals surface area (Å²) in [5, 5.41) is 9.47. The molecule has 0 radical (unpaired) electrons. The highest BCUT2D eigenvalue weighted by Gasteiger charge is 2.48. The second-order valence-electron chi connectivity index (χ2n) is 9.06. The summed E-state index contributed by atoms with van der Waals surface area (Å²) in [6.07, 6.45) is 7.41. The molecule has 0 aliphatic carbocycles. The molecule has 2 aromatic carbocycles. The predicted octanol–water partition coefficient (Wildman–Crippen LogP) is 1.68. The lowest BCUT2D eigenvalue weighted by molar-refractivity contribution is -0.132. The average Bonchev–Trinajstić information content (AvgIpc) is 3.50. The van der Waals surface area contributed by atoms with Crippen LogP contribution in [0.4, 0.5) is 4.39 Å². The van der Waals surface area contributed by atoms with Gasteiger partial charge < -0.3 is 15.3 Å². The van der Waals surface area contributed by atoms with Crippen molar-refractivity contribution in [3.8, 4) is 0 Å². The zero-order valence-corrected chi connectivity index (χ0v) is 18.4. The van der Waals surface area contributed by atoms with Crippen molar-refractivity contribution in [1.82, 2.24) is 14.5 Å². The van der Waals surface area contributed by atoms with E-state index in [2.05, 4.69) is 19.6 Å². The number of nitrogens with zero attached hydrogens (tertiary/aromatic N) is 4. The Morgan fingerprint density at radius 3 is 2.97 bits per heavy atom. The van der Waals surface area contributed by atoms with Crippen LogP contribution in [0.2, 0.25) is 0 Å². The number of fused-ring (bicyclic) bond motifs is 3. The van der Waals surface area contributed by atoms with E-state index in [-0.39, 0.29) is 17.8 Å². The second-order valence-corrected chi connectivity index (χ2v) is 9.06. The molecular formula is C25H28FN6O+. The van der Waals surface area contributed by atoms with Gasteiger partial charge in [-0.05, 0) is 67.5 Å². The van der Waals surface area contributed by atoms with E-state index in [1.807, 2.05) is 30.6 Å². The first-order chi connectivity index (χ1) is 16.0. The average molecular weight is 448 g/mol. The Bertz CT molecular complexity index is 1230. The lowest BCUT2D eigenvalue weighted by atomic mass is 9.89. The largest absolute Gasteiger partial charge is 0.336 e. The monoisotopic (exact) mass is 447 g/mol. The van der Waals surface area contributed by atoms with E-state index in [4.69, 9.17) is 11.3 Å². The lowest BCUT2D eigenvalue weighted by Gasteiger charge is -2.25. The molecule has 2 bridgehead atoms. The molecule has 1 amide bonds. The van der Waals surface area contributed by atoms with E-state index in [0.717, 1.165) is 48.0 Å². The maximum Gasteiger partial charge on any atom is 0.224 e. The fourth-order valence-electron chi connectivity index (χ4n) is 5.57. The van der Waals surface area contributed by atoms with Gasteiger partial charge in [0.05, 0.1) is 17.4 Å². The molecule has 0 spiro atoms. The van der Waals surface area contributed by atoms with Crippen LogP contribution in [0.3, 0.4) is 0 Å². The number of hydrogen-bond acceptors (Lipinski definition) is 4. The molecule has 4 N–H and O–H groups in total. The highest BCUT2D eigenvalue weighted by molar-refractivity contribution is 6.35. The summed E-state index contributed by atoms with van der Waals surface area (Å²) in [7, 11) is 0. The van der Waals surface area contributed by atoms with Crippen LogP contribution < -0.4 is 11.3 Å². The Hall–Kier alpha value is -3.55. The van der Waals surface area contributed by atoms with E-state index >= 15 is 0 Å². The summed E-state index contributed by atoms with van der Waals surface area (Å²) in [5.41, 5.74) is 4.10. The molecule has 2 aliphatic rings. The third-order valence-electron chi connectivity index (χ3n) is 7.07. The van der Waals surface area contributed by atoms with Gasteiger partial charge in [0.1, 0.15) is 12.0 Å². The number of hydrogen-bond donors (Lipinski definition) is 2. The van der Waals surface area contributed by atoms with Crippen LogP contribution in [0, 0.1) is 11.7 Å². The summed E-state index contributed by atoms with van der Waals surface area (Å²) >= 11 is 0. The topological polar surface area (TPSA) is 102 Å². The van der Waals surface area contributed by atoms with Crippen molar-refractivity contribution in [1.29, 1.82) is 0 Å². The Labute approximate surface area is 191 Å². The SMILES string of the molecule is N/N=C\C(=[NH2+])c1ccc2c(c1)ncn2CC1CC2CCC1N2C(=O)CCc1cccc(F)c1. The summed E-state index contributed by atoms with van der Waals surface area (Å²) in [5.74, 6) is 5.53. The molecule has 3 atom stereocenters. The minimum absolute atomic E-state index is 0.182. The van der Waals surface area contributed by atoms with Gasteiger partial charge in [0.2, 0.25) is 11.6 Å². The number of aromatic nitrogens is 2. The van der Waals surface area contributed by atoms with Gasteiger partial charge in [0.15, 0.2) is 0 Å². The number of imidazole rings is 1. The van der Waals surface area contributed by atoms with Crippen LogP contribution in [0.15, 0.2) is 53.9 Å². The number of amides is 1. The number of benzene rings is 2. The van der Waals surface area contributed by atoms with Crippen LogP contribution in [-0.4, -0.2) is 44.4 Å². The Morgan fingerprint density at radius 2 is 2.15 bits per heavy atom. The van der Waals surface area contributed by atoms with Gasteiger partial charge in [-0.1, -0.05) is 12.1 Å². The number of nitrogens with two attached hydrogens (primary N) is 2. The summed E-state index contributed by atoms with van der Waals surface area (Å²) in [6, 6.07) is 13.0. The van der Waals surface area contributed by atoms with E-state index in [9.17, 15) is 9.18 Å². The fraction of sp³-hybridized carbons (Fsp3) is 0.360. The van der Waals surface area contributed by atoms with Crippen molar-refractivity contribution in [2.24, 2.45) is 16.9 Å². The number of hydrazone groups is 1. The normalized spacial score (nSPS) is 22.0. The molecule has 5 rings (SSSR count). The van der Waals surface area contributed by atoms with Crippen molar-refractivity contribution in [3.63, 3.8) is 0 Å². The van der Waals surface area contributed by atoms with Crippen LogP contribution in [0.5, 0.6) is 0 Å². The molecule has 3 heterocycles. The zero-order valence-electron chi connectivity index (χ0n) is 18.4. The molecule has 8 heteroatoms. The maximum atomic E-state index is 13.4. The fourth-order valence-corrected chi connectivity index (χ4v) is 5.57. The third kappa shape index (κ3) is 4.13. The highest BCUT2D eigenvalue weighted by Crippen LogP contribution is 2.43. The minimum Gasteiger partial charge on any atom is -0.336 e. The van der Waals surface area contributed by atoms with Crippen molar-refractivity contribution in [2.45, 2.75) is 50.7 Å². The minimum atomic E-state index is -0.256.